The van der Waals surface area contributed by atoms with E-state index in [2.05, 4.69) is 22.4 Å². The largest absolute Gasteiger partial charge is 0.497 e. The quantitative estimate of drug-likeness (QED) is 0.400. The van der Waals surface area contributed by atoms with Gasteiger partial charge in [0.15, 0.2) is 0 Å². The molecule has 7 nitrogen and oxygen atoms in total. The lowest BCUT2D eigenvalue weighted by Gasteiger charge is -2.29. The highest BCUT2D eigenvalue weighted by Gasteiger charge is 2.27. The van der Waals surface area contributed by atoms with Crippen molar-refractivity contribution in [2.45, 2.75) is 24.7 Å². The molecule has 0 amide bonds. The molecule has 168 valence electrons. The highest BCUT2D eigenvalue weighted by atomic mass is 32.2. The van der Waals surface area contributed by atoms with E-state index >= 15 is 0 Å². The summed E-state index contributed by atoms with van der Waals surface area (Å²) < 4.78 is 32.5. The minimum Gasteiger partial charge on any atom is -0.497 e. The van der Waals surface area contributed by atoms with E-state index in [9.17, 15) is 8.42 Å². The lowest BCUT2D eigenvalue weighted by atomic mass is 10.0. The number of benzene rings is 2. The minimum absolute atomic E-state index is 0.327. The zero-order valence-corrected chi connectivity index (χ0v) is 19.7. The fourth-order valence-corrected chi connectivity index (χ4v) is 5.62. The van der Waals surface area contributed by atoms with Crippen molar-refractivity contribution >= 4 is 32.7 Å². The first-order valence-corrected chi connectivity index (χ1v) is 12.8. The molecule has 0 atom stereocenters. The lowest BCUT2D eigenvalue weighted by molar-refractivity contribution is 0.288. The molecule has 1 aromatic heterocycles. The Kier molecular flexibility index (Phi) is 6.88. The van der Waals surface area contributed by atoms with Crippen LogP contribution in [0.1, 0.15) is 25.3 Å². The Bertz CT molecular complexity index is 1160. The Hall–Kier alpha value is -2.75. The van der Waals surface area contributed by atoms with Gasteiger partial charge >= 0.3 is 0 Å². The van der Waals surface area contributed by atoms with E-state index in [4.69, 9.17) is 4.74 Å². The van der Waals surface area contributed by atoms with E-state index in [1.165, 1.54) is 11.3 Å². The van der Waals surface area contributed by atoms with Gasteiger partial charge < -0.3 is 4.74 Å². The number of hydrogen-bond acceptors (Lipinski definition) is 7. The maximum Gasteiger partial charge on any atom is 0.243 e. The molecule has 1 fully saturated rings. The number of methoxy groups -OCH3 is 1. The molecule has 32 heavy (non-hydrogen) atoms. The third kappa shape index (κ3) is 5.17. The zero-order valence-electron chi connectivity index (χ0n) is 18.1. The number of rotatable bonds is 7. The molecule has 0 spiro atoms. The van der Waals surface area contributed by atoms with Crippen LogP contribution >= 0.6 is 11.3 Å². The van der Waals surface area contributed by atoms with Crippen molar-refractivity contribution in [2.75, 3.05) is 25.6 Å². The predicted octanol–water partition coefficient (Wildman–Crippen LogP) is 4.69. The summed E-state index contributed by atoms with van der Waals surface area (Å²) in [6.45, 7) is 3.34. The van der Waals surface area contributed by atoms with Crippen molar-refractivity contribution in [3.63, 3.8) is 0 Å². The van der Waals surface area contributed by atoms with Crippen LogP contribution in [-0.2, 0) is 10.0 Å². The van der Waals surface area contributed by atoms with Crippen LogP contribution in [-0.4, -0.2) is 44.1 Å². The van der Waals surface area contributed by atoms with Gasteiger partial charge in [-0.05, 0) is 60.7 Å². The molecule has 3 aromatic rings. The molecule has 0 unspecified atom stereocenters. The fourth-order valence-electron chi connectivity index (χ4n) is 3.48. The maximum absolute atomic E-state index is 12.9. The SMILES string of the molecule is COc1ccc(/C=N/Nc2nc(-c3ccc(S(=O)(=O)N4CCC(C)CC4)cc3)cs2)cc1. The van der Waals surface area contributed by atoms with E-state index in [-0.39, 0.29) is 0 Å². The third-order valence-electron chi connectivity index (χ3n) is 5.52. The second-order valence-electron chi connectivity index (χ2n) is 7.79. The average Bonchev–Trinajstić information content (AvgIpc) is 3.29. The number of nitrogens with zero attached hydrogens (tertiary/aromatic N) is 3. The summed E-state index contributed by atoms with van der Waals surface area (Å²) in [5, 5.41) is 6.80. The Labute approximate surface area is 192 Å². The first-order valence-electron chi connectivity index (χ1n) is 10.4. The fraction of sp³-hybridized carbons (Fsp3) is 0.304. The highest BCUT2D eigenvalue weighted by molar-refractivity contribution is 7.89. The maximum atomic E-state index is 12.9. The molecule has 0 saturated carbocycles. The van der Waals surface area contributed by atoms with Crippen molar-refractivity contribution in [1.82, 2.24) is 9.29 Å². The van der Waals surface area contributed by atoms with Crippen LogP contribution in [0.5, 0.6) is 5.75 Å². The van der Waals surface area contributed by atoms with Crippen molar-refractivity contribution < 1.29 is 13.2 Å². The number of anilines is 1. The Morgan fingerprint density at radius 3 is 2.47 bits per heavy atom. The molecule has 1 N–H and O–H groups in total. The lowest BCUT2D eigenvalue weighted by Crippen LogP contribution is -2.37. The van der Waals surface area contributed by atoms with E-state index < -0.39 is 10.0 Å². The Balaban J connectivity index is 1.40. The summed E-state index contributed by atoms with van der Waals surface area (Å²) >= 11 is 1.44. The van der Waals surface area contributed by atoms with Gasteiger partial charge in [0.05, 0.1) is 23.9 Å². The molecular weight excluding hydrogens is 444 g/mol. The number of hydrazone groups is 1. The number of hydrogen-bond donors (Lipinski definition) is 1. The monoisotopic (exact) mass is 470 g/mol. The highest BCUT2D eigenvalue weighted by Crippen LogP contribution is 2.28. The van der Waals surface area contributed by atoms with Crippen LogP contribution in [0.4, 0.5) is 5.13 Å². The van der Waals surface area contributed by atoms with Crippen LogP contribution in [0.2, 0.25) is 0 Å². The Morgan fingerprint density at radius 2 is 1.81 bits per heavy atom. The van der Waals surface area contributed by atoms with Gasteiger partial charge in [-0.15, -0.1) is 11.3 Å². The molecule has 0 bridgehead atoms. The first-order chi connectivity index (χ1) is 15.5. The van der Waals surface area contributed by atoms with Gasteiger partial charge in [0.2, 0.25) is 15.2 Å². The number of aromatic nitrogens is 1. The summed E-state index contributed by atoms with van der Waals surface area (Å²) in [6, 6.07) is 14.5. The molecule has 1 aliphatic heterocycles. The molecule has 0 radical (unpaired) electrons. The minimum atomic E-state index is -3.45. The number of nitrogens with one attached hydrogen (secondary N) is 1. The summed E-state index contributed by atoms with van der Waals surface area (Å²) in [5.41, 5.74) is 5.51. The smallest absolute Gasteiger partial charge is 0.243 e. The van der Waals surface area contributed by atoms with E-state index in [1.807, 2.05) is 29.6 Å². The number of piperidine rings is 1. The van der Waals surface area contributed by atoms with Crippen molar-refractivity contribution in [3.8, 4) is 17.0 Å². The van der Waals surface area contributed by atoms with Crippen LogP contribution < -0.4 is 10.2 Å². The van der Waals surface area contributed by atoms with Crippen LogP contribution in [0, 0.1) is 5.92 Å². The first kappa shape index (κ1) is 22.4. The number of ether oxygens (including phenoxy) is 1. The predicted molar refractivity (Wildman–Crippen MR) is 129 cm³/mol. The molecule has 0 aliphatic carbocycles. The summed E-state index contributed by atoms with van der Waals surface area (Å²) in [5.74, 6) is 1.38. The molecule has 1 saturated heterocycles. The second kappa shape index (κ2) is 9.81. The molecule has 9 heteroatoms. The van der Waals surface area contributed by atoms with Crippen LogP contribution in [0.3, 0.4) is 0 Å². The normalized spacial score (nSPS) is 15.8. The zero-order chi connectivity index (χ0) is 22.6. The van der Waals surface area contributed by atoms with Gasteiger partial charge in [0, 0.05) is 24.0 Å². The van der Waals surface area contributed by atoms with Gasteiger partial charge in [0.1, 0.15) is 5.75 Å². The van der Waals surface area contributed by atoms with Crippen LogP contribution in [0.25, 0.3) is 11.3 Å². The molecule has 2 heterocycles. The van der Waals surface area contributed by atoms with E-state index in [0.717, 1.165) is 35.4 Å². The van der Waals surface area contributed by atoms with Gasteiger partial charge in [-0.25, -0.2) is 13.4 Å². The topological polar surface area (TPSA) is 83.9 Å². The van der Waals surface area contributed by atoms with Gasteiger partial charge in [-0.1, -0.05) is 19.1 Å². The van der Waals surface area contributed by atoms with Crippen LogP contribution in [0.15, 0.2) is 63.9 Å². The van der Waals surface area contributed by atoms with E-state index in [1.54, 1.807) is 41.9 Å². The van der Waals surface area contributed by atoms with Crippen molar-refractivity contribution in [3.05, 3.63) is 59.5 Å². The molecule has 1 aliphatic rings. The third-order valence-corrected chi connectivity index (χ3v) is 8.18. The van der Waals surface area contributed by atoms with Gasteiger partial charge in [0.25, 0.3) is 0 Å². The molecule has 2 aromatic carbocycles. The summed E-state index contributed by atoms with van der Waals surface area (Å²) in [4.78, 5) is 4.87. The Morgan fingerprint density at radius 1 is 1.12 bits per heavy atom. The van der Waals surface area contributed by atoms with Crippen molar-refractivity contribution in [2.24, 2.45) is 11.0 Å². The summed E-state index contributed by atoms with van der Waals surface area (Å²) in [6.07, 6.45) is 3.53. The standard InChI is InChI=1S/C23H26N4O3S2/c1-17-11-13-27(14-12-17)32(28,29)21-9-5-19(6-10-21)22-16-31-23(25-22)26-24-15-18-3-7-20(30-2)8-4-18/h3-10,15-17H,11-14H2,1-2H3,(H,25,26)/b24-15+. The van der Waals surface area contributed by atoms with Gasteiger partial charge in [-0.3, -0.25) is 5.43 Å². The number of sulfonamides is 1. The van der Waals surface area contributed by atoms with Crippen molar-refractivity contribution in [1.29, 1.82) is 0 Å². The second-order valence-corrected chi connectivity index (χ2v) is 10.6. The average molecular weight is 471 g/mol. The molecular formula is C23H26N4O3S2. The summed E-state index contributed by atoms with van der Waals surface area (Å²) in [7, 11) is -1.81. The van der Waals surface area contributed by atoms with E-state index in [0.29, 0.717) is 29.0 Å². The number of thiazole rings is 1. The van der Waals surface area contributed by atoms with Gasteiger partial charge in [-0.2, -0.15) is 9.41 Å². The molecule has 4 rings (SSSR count).